The summed E-state index contributed by atoms with van der Waals surface area (Å²) in [5, 5.41) is 10.8. The first kappa shape index (κ1) is 19.0. The average Bonchev–Trinajstić information content (AvgIpc) is 3.23. The molecule has 0 unspecified atom stereocenters. The lowest BCUT2D eigenvalue weighted by Gasteiger charge is -2.25. The number of aromatic nitrogens is 3. The van der Waals surface area contributed by atoms with E-state index in [0.717, 1.165) is 0 Å². The first-order valence-corrected chi connectivity index (χ1v) is 10.9. The van der Waals surface area contributed by atoms with Crippen LogP contribution in [0.5, 0.6) is 0 Å². The van der Waals surface area contributed by atoms with Crippen molar-refractivity contribution in [3.63, 3.8) is 0 Å². The number of sulfonamides is 1. The third-order valence-corrected chi connectivity index (χ3v) is 7.38. The molecule has 0 radical (unpaired) electrons. The molecule has 1 aromatic carbocycles. The zero-order valence-corrected chi connectivity index (χ0v) is 16.3. The fourth-order valence-electron chi connectivity index (χ4n) is 4.02. The van der Waals surface area contributed by atoms with E-state index >= 15 is 0 Å². The van der Waals surface area contributed by atoms with Crippen molar-refractivity contribution in [1.29, 1.82) is 0 Å². The van der Waals surface area contributed by atoms with Crippen molar-refractivity contribution in [2.24, 2.45) is 11.8 Å². The molecule has 0 saturated carbocycles. The number of amides is 1. The highest BCUT2D eigenvalue weighted by Gasteiger charge is 2.42. The number of fused-ring (bicyclic) bond motifs is 2. The van der Waals surface area contributed by atoms with Crippen LogP contribution in [-0.4, -0.2) is 52.2 Å². The Balaban J connectivity index is 1.50. The average molecular weight is 407 g/mol. The molecule has 3 heterocycles. The van der Waals surface area contributed by atoms with E-state index in [1.807, 2.05) is 6.92 Å². The fraction of sp³-hybridized carbons (Fsp3) is 0.500. The van der Waals surface area contributed by atoms with Crippen molar-refractivity contribution in [3.05, 3.63) is 41.7 Å². The molecule has 150 valence electrons. The molecule has 1 fully saturated rings. The maximum Gasteiger partial charge on any atom is 0.293 e. The number of carbonyl (C=O) groups is 1. The van der Waals surface area contributed by atoms with Gasteiger partial charge in [0.2, 0.25) is 15.8 Å². The van der Waals surface area contributed by atoms with Crippen LogP contribution in [0.3, 0.4) is 0 Å². The summed E-state index contributed by atoms with van der Waals surface area (Å²) in [5.74, 6) is 0.394. The standard InChI is InChI=1S/C18H22FN5O3S/c1-2-6-28(26,27)23-9-12-7-16-21-22-17(24(16)11-13(12)10-23)18(25)20-15-5-3-4-14(19)8-15/h3-5,8,12-13H,2,6-7,9-11H2,1H3,(H,20,25)/t12-,13+/m0/s1. The van der Waals surface area contributed by atoms with Crippen LogP contribution in [0.2, 0.25) is 0 Å². The Morgan fingerprint density at radius 3 is 2.79 bits per heavy atom. The Morgan fingerprint density at radius 2 is 2.04 bits per heavy atom. The van der Waals surface area contributed by atoms with Gasteiger partial charge in [-0.05, 0) is 36.5 Å². The van der Waals surface area contributed by atoms with Crippen LogP contribution in [0.15, 0.2) is 24.3 Å². The molecule has 0 bridgehead atoms. The van der Waals surface area contributed by atoms with Gasteiger partial charge < -0.3 is 9.88 Å². The number of nitrogens with zero attached hydrogens (tertiary/aromatic N) is 4. The van der Waals surface area contributed by atoms with Gasteiger partial charge in [0, 0.05) is 31.7 Å². The minimum absolute atomic E-state index is 0.121. The minimum Gasteiger partial charge on any atom is -0.319 e. The number of rotatable bonds is 5. The van der Waals surface area contributed by atoms with Crippen molar-refractivity contribution in [1.82, 2.24) is 19.1 Å². The van der Waals surface area contributed by atoms with Gasteiger partial charge in [0.05, 0.1) is 5.75 Å². The maximum absolute atomic E-state index is 13.3. The van der Waals surface area contributed by atoms with E-state index in [9.17, 15) is 17.6 Å². The monoisotopic (exact) mass is 407 g/mol. The molecule has 0 aliphatic carbocycles. The second kappa shape index (κ2) is 7.25. The van der Waals surface area contributed by atoms with Crippen LogP contribution in [0.1, 0.15) is 29.8 Å². The lowest BCUT2D eigenvalue weighted by Crippen LogP contribution is -2.31. The lowest BCUT2D eigenvalue weighted by molar-refractivity contribution is 0.100. The van der Waals surface area contributed by atoms with E-state index in [1.54, 1.807) is 14.9 Å². The fourth-order valence-corrected chi connectivity index (χ4v) is 5.63. The number of benzene rings is 1. The number of nitrogens with one attached hydrogen (secondary N) is 1. The van der Waals surface area contributed by atoms with Crippen molar-refractivity contribution in [2.75, 3.05) is 24.2 Å². The molecule has 1 N–H and O–H groups in total. The van der Waals surface area contributed by atoms with Gasteiger partial charge >= 0.3 is 0 Å². The van der Waals surface area contributed by atoms with Crippen molar-refractivity contribution in [2.45, 2.75) is 26.3 Å². The summed E-state index contributed by atoms with van der Waals surface area (Å²) in [4.78, 5) is 12.6. The van der Waals surface area contributed by atoms with E-state index in [2.05, 4.69) is 15.5 Å². The molecule has 1 saturated heterocycles. The first-order valence-electron chi connectivity index (χ1n) is 9.34. The summed E-state index contributed by atoms with van der Waals surface area (Å²) >= 11 is 0. The van der Waals surface area contributed by atoms with Gasteiger partial charge in [0.1, 0.15) is 11.6 Å². The van der Waals surface area contributed by atoms with E-state index in [4.69, 9.17) is 0 Å². The molecule has 2 aliphatic heterocycles. The number of carbonyl (C=O) groups excluding carboxylic acids is 1. The van der Waals surface area contributed by atoms with Crippen LogP contribution in [0.25, 0.3) is 0 Å². The van der Waals surface area contributed by atoms with Gasteiger partial charge in [-0.2, -0.15) is 0 Å². The molecule has 1 aromatic heterocycles. The molecular formula is C18H22FN5O3S. The van der Waals surface area contributed by atoms with Gasteiger partial charge in [0.25, 0.3) is 5.91 Å². The van der Waals surface area contributed by atoms with Gasteiger partial charge in [-0.1, -0.05) is 13.0 Å². The molecule has 4 rings (SSSR count). The highest BCUT2D eigenvalue weighted by molar-refractivity contribution is 7.89. The molecule has 8 nitrogen and oxygen atoms in total. The molecule has 0 spiro atoms. The first-order chi connectivity index (χ1) is 13.4. The Labute approximate surface area is 162 Å². The number of hydrogen-bond acceptors (Lipinski definition) is 5. The van der Waals surface area contributed by atoms with Crippen LogP contribution < -0.4 is 5.32 Å². The quantitative estimate of drug-likeness (QED) is 0.810. The number of halogens is 1. The summed E-state index contributed by atoms with van der Waals surface area (Å²) in [6, 6.07) is 5.64. The molecule has 2 aliphatic rings. The highest BCUT2D eigenvalue weighted by atomic mass is 32.2. The summed E-state index contributed by atoms with van der Waals surface area (Å²) in [7, 11) is -3.24. The predicted molar refractivity (Wildman–Crippen MR) is 101 cm³/mol. The van der Waals surface area contributed by atoms with E-state index < -0.39 is 21.7 Å². The second-order valence-electron chi connectivity index (χ2n) is 7.37. The second-order valence-corrected chi connectivity index (χ2v) is 9.46. The summed E-state index contributed by atoms with van der Waals surface area (Å²) in [6.45, 7) is 3.29. The van der Waals surface area contributed by atoms with Gasteiger partial charge in [-0.3, -0.25) is 4.79 Å². The Hall–Kier alpha value is -2.33. The summed E-state index contributed by atoms with van der Waals surface area (Å²) in [6.07, 6.45) is 1.17. The lowest BCUT2D eigenvalue weighted by atomic mass is 9.89. The Bertz CT molecular complexity index is 1010. The smallest absolute Gasteiger partial charge is 0.293 e. The zero-order chi connectivity index (χ0) is 19.9. The van der Waals surface area contributed by atoms with Crippen molar-refractivity contribution >= 4 is 21.6 Å². The highest BCUT2D eigenvalue weighted by Crippen LogP contribution is 2.34. The largest absolute Gasteiger partial charge is 0.319 e. The molecular weight excluding hydrogens is 385 g/mol. The number of anilines is 1. The van der Waals surface area contributed by atoms with E-state index in [1.165, 1.54) is 18.2 Å². The third kappa shape index (κ3) is 3.53. The van der Waals surface area contributed by atoms with Crippen molar-refractivity contribution in [3.8, 4) is 0 Å². The van der Waals surface area contributed by atoms with Crippen LogP contribution in [0.4, 0.5) is 10.1 Å². The van der Waals surface area contributed by atoms with Crippen LogP contribution >= 0.6 is 0 Å². The van der Waals surface area contributed by atoms with Gasteiger partial charge in [0.15, 0.2) is 0 Å². The summed E-state index contributed by atoms with van der Waals surface area (Å²) < 4.78 is 41.4. The van der Waals surface area contributed by atoms with Gasteiger partial charge in [-0.15, -0.1) is 10.2 Å². The molecule has 28 heavy (non-hydrogen) atoms. The normalized spacial score (nSPS) is 21.9. The van der Waals surface area contributed by atoms with Crippen LogP contribution in [0, 0.1) is 17.7 Å². The van der Waals surface area contributed by atoms with Crippen molar-refractivity contribution < 1.29 is 17.6 Å². The molecule has 2 aromatic rings. The SMILES string of the molecule is CCCS(=O)(=O)N1C[C@@H]2Cn3c(nnc3C(=O)Nc3cccc(F)c3)C[C@H]2C1. The molecule has 10 heteroatoms. The van der Waals surface area contributed by atoms with Gasteiger partial charge in [-0.25, -0.2) is 17.1 Å². The van der Waals surface area contributed by atoms with E-state index in [0.29, 0.717) is 44.0 Å². The Kier molecular flexibility index (Phi) is 4.92. The minimum atomic E-state index is -3.24. The molecule has 2 atom stereocenters. The third-order valence-electron chi connectivity index (χ3n) is 5.37. The number of hydrogen-bond donors (Lipinski definition) is 1. The Morgan fingerprint density at radius 1 is 1.25 bits per heavy atom. The maximum atomic E-state index is 13.3. The van der Waals surface area contributed by atoms with E-state index in [-0.39, 0.29) is 23.4 Å². The predicted octanol–water partition coefficient (Wildman–Crippen LogP) is 1.51. The zero-order valence-electron chi connectivity index (χ0n) is 15.5. The topological polar surface area (TPSA) is 97.2 Å². The molecule has 1 amide bonds. The summed E-state index contributed by atoms with van der Waals surface area (Å²) in [5.41, 5.74) is 0.341. The van der Waals surface area contributed by atoms with Crippen LogP contribution in [-0.2, 0) is 23.0 Å².